The maximum atomic E-state index is 13.6. The first-order valence-corrected chi connectivity index (χ1v) is 8.36. The number of rotatable bonds is 5. The van der Waals surface area contributed by atoms with Crippen molar-refractivity contribution in [2.24, 2.45) is 5.92 Å². The van der Waals surface area contributed by atoms with Crippen LogP contribution >= 0.6 is 0 Å². The lowest BCUT2D eigenvalue weighted by molar-refractivity contribution is -0.140. The summed E-state index contributed by atoms with van der Waals surface area (Å²) in [6, 6.07) is 6.37. The normalized spacial score (nSPS) is 15.5. The minimum atomic E-state index is -0.340. The molecule has 23 heavy (non-hydrogen) atoms. The average Bonchev–Trinajstić information content (AvgIpc) is 2.58. The largest absolute Gasteiger partial charge is 0.343 e. The third-order valence-corrected chi connectivity index (χ3v) is 4.57. The Bertz CT molecular complexity index is 550. The predicted molar refractivity (Wildman–Crippen MR) is 87.3 cm³/mol. The second-order valence-electron chi connectivity index (χ2n) is 5.93. The molecule has 1 fully saturated rings. The Morgan fingerprint density at radius 2 is 1.78 bits per heavy atom. The van der Waals surface area contributed by atoms with Crippen molar-refractivity contribution in [3.05, 3.63) is 35.6 Å². The van der Waals surface area contributed by atoms with Gasteiger partial charge in [0, 0.05) is 32.1 Å². The van der Waals surface area contributed by atoms with Crippen molar-refractivity contribution in [1.29, 1.82) is 0 Å². The summed E-state index contributed by atoms with van der Waals surface area (Å²) in [4.78, 5) is 28.2. The van der Waals surface area contributed by atoms with Crippen molar-refractivity contribution in [2.75, 3.05) is 26.2 Å². The Morgan fingerprint density at radius 1 is 1.17 bits per heavy atom. The van der Waals surface area contributed by atoms with E-state index < -0.39 is 0 Å². The molecule has 0 bridgehead atoms. The molecule has 1 aromatic rings. The zero-order chi connectivity index (χ0) is 16.8. The standard InChI is InChI=1S/C18H25FN2O2/c1-3-20(4-2)18(23)14-9-11-21(12-10-14)17(22)13-15-7-5-6-8-16(15)19/h5-8,14H,3-4,9-13H2,1-2H3. The predicted octanol–water partition coefficient (Wildman–Crippen LogP) is 2.48. The lowest BCUT2D eigenvalue weighted by atomic mass is 9.94. The topological polar surface area (TPSA) is 40.6 Å². The Hall–Kier alpha value is -1.91. The quantitative estimate of drug-likeness (QED) is 0.836. The van der Waals surface area contributed by atoms with Gasteiger partial charge in [-0.05, 0) is 38.3 Å². The van der Waals surface area contributed by atoms with Crippen LogP contribution in [0.1, 0.15) is 32.3 Å². The lowest BCUT2D eigenvalue weighted by Crippen LogP contribution is -2.44. The maximum absolute atomic E-state index is 13.6. The Kier molecular flexibility index (Phi) is 6.13. The van der Waals surface area contributed by atoms with E-state index >= 15 is 0 Å². The fourth-order valence-corrected chi connectivity index (χ4v) is 3.09. The fourth-order valence-electron chi connectivity index (χ4n) is 3.09. The van der Waals surface area contributed by atoms with E-state index in [1.54, 1.807) is 23.1 Å². The van der Waals surface area contributed by atoms with Gasteiger partial charge in [-0.15, -0.1) is 0 Å². The molecule has 0 aliphatic carbocycles. The minimum Gasteiger partial charge on any atom is -0.343 e. The molecule has 1 aliphatic heterocycles. The number of amides is 2. The number of benzene rings is 1. The first-order chi connectivity index (χ1) is 11.1. The lowest BCUT2D eigenvalue weighted by Gasteiger charge is -2.33. The molecule has 126 valence electrons. The van der Waals surface area contributed by atoms with Gasteiger partial charge in [0.1, 0.15) is 5.82 Å². The van der Waals surface area contributed by atoms with E-state index in [9.17, 15) is 14.0 Å². The second kappa shape index (κ2) is 8.09. The summed E-state index contributed by atoms with van der Waals surface area (Å²) in [6.45, 7) is 6.56. The second-order valence-corrected chi connectivity index (χ2v) is 5.93. The monoisotopic (exact) mass is 320 g/mol. The van der Waals surface area contributed by atoms with E-state index in [1.165, 1.54) is 6.07 Å². The van der Waals surface area contributed by atoms with E-state index in [-0.39, 0.29) is 30.0 Å². The number of piperidine rings is 1. The molecule has 2 rings (SSSR count). The SMILES string of the molecule is CCN(CC)C(=O)C1CCN(C(=O)Cc2ccccc2F)CC1. The van der Waals surface area contributed by atoms with Gasteiger partial charge in [0.25, 0.3) is 0 Å². The van der Waals surface area contributed by atoms with Crippen LogP contribution in [0.2, 0.25) is 0 Å². The molecule has 0 atom stereocenters. The molecule has 0 N–H and O–H groups in total. The number of hydrogen-bond donors (Lipinski definition) is 0. The minimum absolute atomic E-state index is 0.00686. The van der Waals surface area contributed by atoms with Gasteiger partial charge in [0.15, 0.2) is 0 Å². The van der Waals surface area contributed by atoms with Gasteiger partial charge < -0.3 is 9.80 Å². The number of nitrogens with zero attached hydrogens (tertiary/aromatic N) is 2. The van der Waals surface area contributed by atoms with Crippen molar-refractivity contribution in [3.63, 3.8) is 0 Å². The highest BCUT2D eigenvalue weighted by Crippen LogP contribution is 2.21. The van der Waals surface area contributed by atoms with Crippen molar-refractivity contribution in [1.82, 2.24) is 9.80 Å². The highest BCUT2D eigenvalue weighted by atomic mass is 19.1. The van der Waals surface area contributed by atoms with Crippen LogP contribution in [0.4, 0.5) is 4.39 Å². The van der Waals surface area contributed by atoms with Gasteiger partial charge >= 0.3 is 0 Å². The zero-order valence-electron chi connectivity index (χ0n) is 13.9. The van der Waals surface area contributed by atoms with E-state index in [1.807, 2.05) is 18.7 Å². The number of likely N-dealkylation sites (tertiary alicyclic amines) is 1. The van der Waals surface area contributed by atoms with E-state index in [0.29, 0.717) is 31.5 Å². The fraction of sp³-hybridized carbons (Fsp3) is 0.556. The molecule has 5 heteroatoms. The molecule has 4 nitrogen and oxygen atoms in total. The van der Waals surface area contributed by atoms with Crippen LogP contribution in [0, 0.1) is 11.7 Å². The Balaban J connectivity index is 1.88. The molecule has 2 amide bonds. The summed E-state index contributed by atoms with van der Waals surface area (Å²) in [5, 5.41) is 0. The zero-order valence-corrected chi connectivity index (χ0v) is 13.9. The van der Waals surface area contributed by atoms with Crippen LogP contribution in [0.5, 0.6) is 0 Å². The molecule has 1 heterocycles. The maximum Gasteiger partial charge on any atom is 0.227 e. The van der Waals surface area contributed by atoms with Crippen LogP contribution in [0.25, 0.3) is 0 Å². The molecule has 1 aromatic carbocycles. The summed E-state index contributed by atoms with van der Waals surface area (Å²) < 4.78 is 13.6. The van der Waals surface area contributed by atoms with Crippen molar-refractivity contribution in [2.45, 2.75) is 33.1 Å². The van der Waals surface area contributed by atoms with Crippen molar-refractivity contribution in [3.8, 4) is 0 Å². The first-order valence-electron chi connectivity index (χ1n) is 8.36. The first kappa shape index (κ1) is 17.4. The van der Waals surface area contributed by atoms with Crippen LogP contribution in [0.3, 0.4) is 0 Å². The number of hydrogen-bond acceptors (Lipinski definition) is 2. The van der Waals surface area contributed by atoms with Crippen LogP contribution in [-0.4, -0.2) is 47.8 Å². The van der Waals surface area contributed by atoms with Gasteiger partial charge in [-0.3, -0.25) is 9.59 Å². The van der Waals surface area contributed by atoms with Gasteiger partial charge in [0.2, 0.25) is 11.8 Å². The smallest absolute Gasteiger partial charge is 0.227 e. The van der Waals surface area contributed by atoms with Gasteiger partial charge in [0.05, 0.1) is 6.42 Å². The summed E-state index contributed by atoms with van der Waals surface area (Å²) in [6.07, 6.45) is 1.47. The average molecular weight is 320 g/mol. The van der Waals surface area contributed by atoms with Gasteiger partial charge in [-0.25, -0.2) is 4.39 Å². The van der Waals surface area contributed by atoms with Crippen LogP contribution < -0.4 is 0 Å². The van der Waals surface area contributed by atoms with Gasteiger partial charge in [-0.2, -0.15) is 0 Å². The number of carbonyl (C=O) groups is 2. The molecule has 0 unspecified atom stereocenters. The van der Waals surface area contributed by atoms with E-state index in [2.05, 4.69) is 0 Å². The number of carbonyl (C=O) groups excluding carboxylic acids is 2. The van der Waals surface area contributed by atoms with Gasteiger partial charge in [-0.1, -0.05) is 18.2 Å². The molecule has 0 radical (unpaired) electrons. The molecule has 1 saturated heterocycles. The molecule has 0 aromatic heterocycles. The molecular weight excluding hydrogens is 295 g/mol. The Labute approximate surface area is 137 Å². The highest BCUT2D eigenvalue weighted by molar-refractivity contribution is 5.81. The summed E-state index contributed by atoms with van der Waals surface area (Å²) in [7, 11) is 0. The Morgan fingerprint density at radius 3 is 2.35 bits per heavy atom. The summed E-state index contributed by atoms with van der Waals surface area (Å²) >= 11 is 0. The van der Waals surface area contributed by atoms with Crippen LogP contribution in [-0.2, 0) is 16.0 Å². The van der Waals surface area contributed by atoms with E-state index in [4.69, 9.17) is 0 Å². The number of halogens is 1. The molecular formula is C18H25FN2O2. The van der Waals surface area contributed by atoms with Crippen molar-refractivity contribution < 1.29 is 14.0 Å². The summed E-state index contributed by atoms with van der Waals surface area (Å²) in [5.74, 6) is -0.208. The molecule has 0 spiro atoms. The van der Waals surface area contributed by atoms with Crippen molar-refractivity contribution >= 4 is 11.8 Å². The van der Waals surface area contributed by atoms with E-state index in [0.717, 1.165) is 13.1 Å². The molecule has 0 saturated carbocycles. The third-order valence-electron chi connectivity index (χ3n) is 4.57. The third kappa shape index (κ3) is 4.30. The molecule has 1 aliphatic rings. The summed E-state index contributed by atoms with van der Waals surface area (Å²) in [5.41, 5.74) is 0.429. The highest BCUT2D eigenvalue weighted by Gasteiger charge is 2.29. The van der Waals surface area contributed by atoms with Crippen LogP contribution in [0.15, 0.2) is 24.3 Å².